The minimum atomic E-state index is -0.361. The van der Waals surface area contributed by atoms with Gasteiger partial charge in [-0.2, -0.15) is 0 Å². The second kappa shape index (κ2) is 9.33. The average molecular weight is 421 g/mol. The zero-order valence-corrected chi connectivity index (χ0v) is 18.1. The van der Waals surface area contributed by atoms with Crippen molar-refractivity contribution in [3.63, 3.8) is 0 Å². The van der Waals surface area contributed by atoms with Gasteiger partial charge < -0.3 is 14.1 Å². The lowest BCUT2D eigenvalue weighted by atomic mass is 9.96. The number of hydrogen-bond acceptors (Lipinski definition) is 5. The molecule has 31 heavy (non-hydrogen) atoms. The van der Waals surface area contributed by atoms with Gasteiger partial charge in [-0.05, 0) is 61.9 Å². The highest BCUT2D eigenvalue weighted by atomic mass is 16.5. The molecule has 1 aliphatic rings. The first-order chi connectivity index (χ1) is 15.1. The molecule has 0 spiro atoms. The fraction of sp³-hybridized carbons (Fsp3) is 0.400. The predicted octanol–water partition coefficient (Wildman–Crippen LogP) is 4.58. The van der Waals surface area contributed by atoms with Crippen molar-refractivity contribution >= 4 is 16.9 Å². The molecule has 1 saturated heterocycles. The summed E-state index contributed by atoms with van der Waals surface area (Å²) in [6.07, 6.45) is 8.34. The maximum absolute atomic E-state index is 13.0. The minimum Gasteiger partial charge on any atom is -0.483 e. The van der Waals surface area contributed by atoms with Gasteiger partial charge in [0.2, 0.25) is 0 Å². The lowest BCUT2D eigenvalue weighted by Crippen LogP contribution is -2.41. The van der Waals surface area contributed by atoms with Crippen LogP contribution in [0.2, 0.25) is 0 Å². The summed E-state index contributed by atoms with van der Waals surface area (Å²) in [5.41, 5.74) is 2.95. The van der Waals surface area contributed by atoms with Crippen LogP contribution in [0.5, 0.6) is 5.75 Å². The smallest absolute Gasteiger partial charge is 0.336 e. The zero-order chi connectivity index (χ0) is 21.8. The number of aromatic nitrogens is 1. The summed E-state index contributed by atoms with van der Waals surface area (Å²) < 4.78 is 11.4. The van der Waals surface area contributed by atoms with E-state index in [0.29, 0.717) is 17.9 Å². The normalized spacial score (nSPS) is 16.5. The summed E-state index contributed by atoms with van der Waals surface area (Å²) in [6.45, 7) is 4.60. The topological polar surface area (TPSA) is 72.6 Å². The zero-order valence-electron chi connectivity index (χ0n) is 18.1. The second-order valence-electron chi connectivity index (χ2n) is 8.08. The van der Waals surface area contributed by atoms with Gasteiger partial charge in [0.05, 0.1) is 6.04 Å². The van der Waals surface area contributed by atoms with Crippen LogP contribution in [0, 0.1) is 6.92 Å². The Hall–Kier alpha value is -3.15. The molecule has 0 bridgehead atoms. The van der Waals surface area contributed by atoms with Crippen LogP contribution < -0.4 is 10.4 Å². The Morgan fingerprint density at radius 2 is 2.16 bits per heavy atom. The summed E-state index contributed by atoms with van der Waals surface area (Å²) in [5.74, 6) is 0.516. The van der Waals surface area contributed by atoms with Crippen LogP contribution in [0.4, 0.5) is 0 Å². The fourth-order valence-corrected chi connectivity index (χ4v) is 4.41. The first-order valence-corrected chi connectivity index (χ1v) is 11.0. The van der Waals surface area contributed by atoms with Crippen LogP contribution in [0.15, 0.2) is 51.9 Å². The number of ether oxygens (including phenoxy) is 1. The highest BCUT2D eigenvalue weighted by Crippen LogP contribution is 2.32. The summed E-state index contributed by atoms with van der Waals surface area (Å²) in [7, 11) is 0. The molecule has 2 aromatic heterocycles. The van der Waals surface area contributed by atoms with Gasteiger partial charge in [-0.25, -0.2) is 4.79 Å². The number of carbonyl (C=O) groups is 1. The van der Waals surface area contributed by atoms with E-state index in [0.717, 1.165) is 54.2 Å². The molecular weight excluding hydrogens is 392 g/mol. The Bertz CT molecular complexity index is 1120. The third-order valence-electron chi connectivity index (χ3n) is 5.96. The summed E-state index contributed by atoms with van der Waals surface area (Å²) >= 11 is 0. The average Bonchev–Trinajstić information content (AvgIpc) is 2.79. The number of piperidine rings is 1. The Kier molecular flexibility index (Phi) is 6.35. The molecule has 162 valence electrons. The van der Waals surface area contributed by atoms with Crippen LogP contribution >= 0.6 is 0 Å². The number of aryl methyl sites for hydroxylation is 2. The summed E-state index contributed by atoms with van der Waals surface area (Å²) in [5, 5.41) is 0.922. The third kappa shape index (κ3) is 4.48. The molecule has 1 fully saturated rings. The van der Waals surface area contributed by atoms with Crippen molar-refractivity contribution < 1.29 is 13.9 Å². The second-order valence-corrected chi connectivity index (χ2v) is 8.08. The van der Waals surface area contributed by atoms with Crippen molar-refractivity contribution in [1.29, 1.82) is 0 Å². The van der Waals surface area contributed by atoms with Gasteiger partial charge in [-0.3, -0.25) is 9.78 Å². The first kappa shape index (κ1) is 21.1. The molecule has 4 rings (SSSR count). The van der Waals surface area contributed by atoms with E-state index < -0.39 is 0 Å². The molecule has 3 aromatic rings. The molecule has 1 amide bonds. The maximum Gasteiger partial charge on any atom is 0.336 e. The summed E-state index contributed by atoms with van der Waals surface area (Å²) in [6, 6.07) is 9.29. The molecule has 1 atom stereocenters. The molecule has 0 unspecified atom stereocenters. The lowest BCUT2D eigenvalue weighted by Gasteiger charge is -2.35. The number of rotatable bonds is 6. The monoisotopic (exact) mass is 420 g/mol. The number of likely N-dealkylation sites (tertiary alicyclic amines) is 1. The van der Waals surface area contributed by atoms with Crippen molar-refractivity contribution in [1.82, 2.24) is 9.88 Å². The van der Waals surface area contributed by atoms with E-state index in [1.807, 2.05) is 42.3 Å². The largest absolute Gasteiger partial charge is 0.483 e. The molecule has 3 heterocycles. The fourth-order valence-electron chi connectivity index (χ4n) is 4.41. The third-order valence-corrected chi connectivity index (χ3v) is 5.96. The molecular formula is C25H28N2O4. The van der Waals surface area contributed by atoms with Gasteiger partial charge in [0.25, 0.3) is 5.91 Å². The van der Waals surface area contributed by atoms with Crippen molar-refractivity contribution in [2.75, 3.05) is 13.2 Å². The van der Waals surface area contributed by atoms with E-state index in [1.54, 1.807) is 12.3 Å². The van der Waals surface area contributed by atoms with E-state index in [-0.39, 0.29) is 24.2 Å². The molecule has 1 aromatic carbocycles. The predicted molar refractivity (Wildman–Crippen MR) is 119 cm³/mol. The van der Waals surface area contributed by atoms with Crippen molar-refractivity contribution in [3.05, 3.63) is 69.8 Å². The molecule has 6 heteroatoms. The van der Waals surface area contributed by atoms with Crippen LogP contribution in [0.25, 0.3) is 11.0 Å². The molecule has 1 aliphatic heterocycles. The number of fused-ring (bicyclic) bond motifs is 1. The Labute approximate surface area is 181 Å². The number of benzene rings is 1. The van der Waals surface area contributed by atoms with Crippen molar-refractivity contribution in [2.45, 2.75) is 52.0 Å². The van der Waals surface area contributed by atoms with Crippen molar-refractivity contribution in [3.8, 4) is 5.75 Å². The van der Waals surface area contributed by atoms with Gasteiger partial charge >= 0.3 is 5.63 Å². The van der Waals surface area contributed by atoms with E-state index >= 15 is 0 Å². The number of hydrogen-bond donors (Lipinski definition) is 0. The number of carbonyl (C=O) groups excluding carboxylic acids is 1. The van der Waals surface area contributed by atoms with Crippen LogP contribution in [-0.2, 0) is 11.2 Å². The quantitative estimate of drug-likeness (QED) is 0.546. The van der Waals surface area contributed by atoms with Gasteiger partial charge in [0.1, 0.15) is 11.3 Å². The number of nitrogens with zero attached hydrogens (tertiary/aromatic N) is 2. The Morgan fingerprint density at radius 1 is 1.29 bits per heavy atom. The highest BCUT2D eigenvalue weighted by molar-refractivity contribution is 5.85. The lowest BCUT2D eigenvalue weighted by molar-refractivity contribution is -0.137. The van der Waals surface area contributed by atoms with Crippen LogP contribution in [0.1, 0.15) is 55.3 Å². The van der Waals surface area contributed by atoms with Gasteiger partial charge in [0, 0.05) is 36.0 Å². The molecule has 0 N–H and O–H groups in total. The number of pyridine rings is 1. The van der Waals surface area contributed by atoms with Gasteiger partial charge in [-0.15, -0.1) is 0 Å². The summed E-state index contributed by atoms with van der Waals surface area (Å²) in [4.78, 5) is 31.2. The van der Waals surface area contributed by atoms with Crippen LogP contribution in [0.3, 0.4) is 0 Å². The van der Waals surface area contributed by atoms with Crippen LogP contribution in [-0.4, -0.2) is 28.9 Å². The van der Waals surface area contributed by atoms with E-state index in [4.69, 9.17) is 9.15 Å². The minimum absolute atomic E-state index is 0.0332. The Balaban J connectivity index is 1.53. The van der Waals surface area contributed by atoms with Gasteiger partial charge in [0.15, 0.2) is 6.61 Å². The Morgan fingerprint density at radius 3 is 2.94 bits per heavy atom. The van der Waals surface area contributed by atoms with Crippen molar-refractivity contribution in [2.24, 2.45) is 0 Å². The number of amides is 1. The van der Waals surface area contributed by atoms with Gasteiger partial charge in [-0.1, -0.05) is 19.4 Å². The molecule has 0 saturated carbocycles. The molecule has 6 nitrogen and oxygen atoms in total. The van der Waals surface area contributed by atoms with E-state index in [1.165, 1.54) is 0 Å². The standard InChI is InChI=1S/C25H28N2O4/c1-3-7-18-14-24(29)31-25-17(2)22(11-10-20(18)25)30-16-23(28)27-13-5-4-9-21(27)19-8-6-12-26-15-19/h6,8,10-12,14-15,21H,3-5,7,9,13,16H2,1-2H3/t21-/m0/s1. The van der Waals surface area contributed by atoms with E-state index in [2.05, 4.69) is 11.9 Å². The first-order valence-electron chi connectivity index (χ1n) is 11.0. The SMILES string of the molecule is CCCc1cc(=O)oc2c(C)c(OCC(=O)N3CCCC[C@H]3c3cccnc3)ccc12. The molecule has 0 radical (unpaired) electrons. The highest BCUT2D eigenvalue weighted by Gasteiger charge is 2.28. The maximum atomic E-state index is 13.0. The van der Waals surface area contributed by atoms with E-state index in [9.17, 15) is 9.59 Å². The molecule has 0 aliphatic carbocycles.